The van der Waals surface area contributed by atoms with Crippen molar-refractivity contribution >= 4 is 0 Å². The van der Waals surface area contributed by atoms with Crippen molar-refractivity contribution in [2.45, 2.75) is 12.1 Å². The Morgan fingerprint density at radius 2 is 1.78 bits per heavy atom. The Kier molecular flexibility index (Phi) is 3.17. The summed E-state index contributed by atoms with van der Waals surface area (Å²) in [5, 5.41) is 0. The molecule has 0 amide bonds. The molecule has 0 N–H and O–H groups in total. The highest BCUT2D eigenvalue weighted by atomic mass is 16.6. The molecule has 1 fully saturated rings. The first kappa shape index (κ1) is 11.5. The highest BCUT2D eigenvalue weighted by molar-refractivity contribution is 5.17. The van der Waals surface area contributed by atoms with Gasteiger partial charge in [0.1, 0.15) is 0 Å². The molecule has 2 aromatic rings. The van der Waals surface area contributed by atoms with Crippen molar-refractivity contribution in [3.8, 4) is 0 Å². The lowest BCUT2D eigenvalue weighted by molar-refractivity contribution is -0.202. The molecular formula is C15H17NO2. The molecule has 3 rings (SSSR count). The van der Waals surface area contributed by atoms with Gasteiger partial charge in [-0.25, -0.2) is 0 Å². The quantitative estimate of drug-likeness (QED) is 0.826. The van der Waals surface area contributed by atoms with E-state index in [0.29, 0.717) is 19.8 Å². The van der Waals surface area contributed by atoms with E-state index in [2.05, 4.69) is 28.8 Å². The normalized spacial score (nSPS) is 24.0. The zero-order valence-electron chi connectivity index (χ0n) is 10.3. The summed E-state index contributed by atoms with van der Waals surface area (Å²) in [6, 6.07) is 14.4. The number of rotatable bonds is 3. The monoisotopic (exact) mass is 243 g/mol. The van der Waals surface area contributed by atoms with Gasteiger partial charge in [0.2, 0.25) is 0 Å². The van der Waals surface area contributed by atoms with Crippen LogP contribution < -0.4 is 0 Å². The number of nitrogens with zero attached hydrogens (tertiary/aromatic N) is 1. The second-order valence-electron chi connectivity index (χ2n) is 4.60. The minimum absolute atomic E-state index is 0.400. The molecule has 3 heteroatoms. The molecule has 3 nitrogen and oxygen atoms in total. The Morgan fingerprint density at radius 1 is 1.00 bits per heavy atom. The largest absolute Gasteiger partial charge is 0.374 e. The Bertz CT molecular complexity index is 472. The third kappa shape index (κ3) is 2.19. The third-order valence-corrected chi connectivity index (χ3v) is 3.32. The first-order valence-electron chi connectivity index (χ1n) is 6.28. The molecule has 1 saturated heterocycles. The lowest BCUT2D eigenvalue weighted by Crippen LogP contribution is -2.46. The van der Waals surface area contributed by atoms with Gasteiger partial charge in [0.25, 0.3) is 0 Å². The molecule has 1 unspecified atom stereocenters. The summed E-state index contributed by atoms with van der Waals surface area (Å²) < 4.78 is 13.8. The predicted octanol–water partition coefficient (Wildman–Crippen LogP) is 2.43. The van der Waals surface area contributed by atoms with Crippen LogP contribution in [0.2, 0.25) is 0 Å². The highest BCUT2D eigenvalue weighted by Gasteiger charge is 2.35. The zero-order valence-corrected chi connectivity index (χ0v) is 10.3. The second kappa shape index (κ2) is 4.96. The smallest absolute Gasteiger partial charge is 0.172 e. The standard InChI is InChI=1S/C15H17NO2/c1-2-6-14(7-3-1)12-15(13-17-10-11-18-15)16-8-4-5-9-16/h1-9H,10-13H2. The maximum absolute atomic E-state index is 6.05. The number of hydrogen-bond donors (Lipinski definition) is 0. The van der Waals surface area contributed by atoms with E-state index in [0.717, 1.165) is 6.42 Å². The molecule has 0 saturated carbocycles. The van der Waals surface area contributed by atoms with Crippen molar-refractivity contribution in [1.82, 2.24) is 4.57 Å². The van der Waals surface area contributed by atoms with Crippen molar-refractivity contribution < 1.29 is 9.47 Å². The van der Waals surface area contributed by atoms with Crippen LogP contribution in [0.5, 0.6) is 0 Å². The van der Waals surface area contributed by atoms with Crippen molar-refractivity contribution in [1.29, 1.82) is 0 Å². The maximum atomic E-state index is 6.05. The fraction of sp³-hybridized carbons (Fsp3) is 0.333. The predicted molar refractivity (Wildman–Crippen MR) is 69.3 cm³/mol. The molecule has 94 valence electrons. The fourth-order valence-corrected chi connectivity index (χ4v) is 2.43. The molecule has 1 aromatic heterocycles. The summed E-state index contributed by atoms with van der Waals surface area (Å²) in [6.45, 7) is 1.92. The summed E-state index contributed by atoms with van der Waals surface area (Å²) >= 11 is 0. The van der Waals surface area contributed by atoms with Crippen LogP contribution in [0, 0.1) is 0 Å². The lowest BCUT2D eigenvalue weighted by atomic mass is 10.0. The fourth-order valence-electron chi connectivity index (χ4n) is 2.43. The molecule has 0 bridgehead atoms. The minimum atomic E-state index is -0.400. The van der Waals surface area contributed by atoms with Crippen LogP contribution in [-0.2, 0) is 21.6 Å². The first-order valence-corrected chi connectivity index (χ1v) is 6.28. The van der Waals surface area contributed by atoms with Crippen molar-refractivity contribution in [3.05, 3.63) is 60.4 Å². The Morgan fingerprint density at radius 3 is 2.44 bits per heavy atom. The van der Waals surface area contributed by atoms with Gasteiger partial charge in [0.15, 0.2) is 5.72 Å². The molecule has 1 aliphatic rings. The molecule has 1 atom stereocenters. The lowest BCUT2D eigenvalue weighted by Gasteiger charge is -2.38. The number of benzene rings is 1. The van der Waals surface area contributed by atoms with E-state index in [4.69, 9.17) is 9.47 Å². The van der Waals surface area contributed by atoms with E-state index in [1.807, 2.05) is 30.6 Å². The average Bonchev–Trinajstić information content (AvgIpc) is 2.95. The van der Waals surface area contributed by atoms with Crippen molar-refractivity contribution in [2.24, 2.45) is 0 Å². The van der Waals surface area contributed by atoms with Crippen molar-refractivity contribution in [3.63, 3.8) is 0 Å². The van der Waals surface area contributed by atoms with E-state index in [1.165, 1.54) is 5.56 Å². The molecule has 0 aliphatic carbocycles. The molecule has 0 spiro atoms. The van der Waals surface area contributed by atoms with Gasteiger partial charge in [0.05, 0.1) is 19.8 Å². The molecule has 0 radical (unpaired) electrons. The topological polar surface area (TPSA) is 23.4 Å². The van der Waals surface area contributed by atoms with Gasteiger partial charge in [-0.1, -0.05) is 30.3 Å². The number of hydrogen-bond acceptors (Lipinski definition) is 2. The van der Waals surface area contributed by atoms with Crippen LogP contribution in [0.4, 0.5) is 0 Å². The van der Waals surface area contributed by atoms with E-state index >= 15 is 0 Å². The molecule has 1 aliphatic heterocycles. The van der Waals surface area contributed by atoms with Gasteiger partial charge < -0.3 is 14.0 Å². The van der Waals surface area contributed by atoms with Crippen molar-refractivity contribution in [2.75, 3.05) is 19.8 Å². The number of ether oxygens (including phenoxy) is 2. The van der Waals surface area contributed by atoms with Crippen LogP contribution in [-0.4, -0.2) is 24.4 Å². The molecular weight excluding hydrogens is 226 g/mol. The summed E-state index contributed by atoms with van der Waals surface area (Å²) in [5.74, 6) is 0. The minimum Gasteiger partial charge on any atom is -0.374 e. The maximum Gasteiger partial charge on any atom is 0.172 e. The van der Waals surface area contributed by atoms with Gasteiger partial charge in [0, 0.05) is 18.8 Å². The third-order valence-electron chi connectivity index (χ3n) is 3.32. The SMILES string of the molecule is c1ccc(CC2(n3cccc3)COCCO2)cc1. The summed E-state index contributed by atoms with van der Waals surface area (Å²) in [4.78, 5) is 0. The van der Waals surface area contributed by atoms with Crippen LogP contribution in [0.1, 0.15) is 5.56 Å². The summed E-state index contributed by atoms with van der Waals surface area (Å²) in [6.07, 6.45) is 4.90. The van der Waals surface area contributed by atoms with Crippen LogP contribution in [0.3, 0.4) is 0 Å². The van der Waals surface area contributed by atoms with Gasteiger partial charge in [-0.3, -0.25) is 0 Å². The van der Waals surface area contributed by atoms with Crippen LogP contribution in [0.25, 0.3) is 0 Å². The Labute approximate surface area is 107 Å². The molecule has 2 heterocycles. The van der Waals surface area contributed by atoms with Gasteiger partial charge in [-0.2, -0.15) is 0 Å². The molecule has 18 heavy (non-hydrogen) atoms. The van der Waals surface area contributed by atoms with E-state index in [1.54, 1.807) is 0 Å². The van der Waals surface area contributed by atoms with Crippen LogP contribution in [0.15, 0.2) is 54.9 Å². The highest BCUT2D eigenvalue weighted by Crippen LogP contribution is 2.27. The second-order valence-corrected chi connectivity index (χ2v) is 4.60. The van der Waals surface area contributed by atoms with E-state index < -0.39 is 5.72 Å². The summed E-state index contributed by atoms with van der Waals surface area (Å²) in [7, 11) is 0. The van der Waals surface area contributed by atoms with E-state index in [-0.39, 0.29) is 0 Å². The average molecular weight is 243 g/mol. The Hall–Kier alpha value is -1.58. The van der Waals surface area contributed by atoms with Gasteiger partial charge >= 0.3 is 0 Å². The Balaban J connectivity index is 1.91. The van der Waals surface area contributed by atoms with E-state index in [9.17, 15) is 0 Å². The number of aromatic nitrogens is 1. The van der Waals surface area contributed by atoms with Crippen LogP contribution >= 0.6 is 0 Å². The first-order chi connectivity index (χ1) is 8.89. The van der Waals surface area contributed by atoms with Gasteiger partial charge in [-0.05, 0) is 17.7 Å². The summed E-state index contributed by atoms with van der Waals surface area (Å²) in [5.41, 5.74) is 0.861. The molecule has 1 aromatic carbocycles. The zero-order chi connectivity index (χ0) is 12.3. The van der Waals surface area contributed by atoms with Gasteiger partial charge in [-0.15, -0.1) is 0 Å².